The molecule has 0 radical (unpaired) electrons. The van der Waals surface area contributed by atoms with Crippen molar-refractivity contribution >= 4 is 11.9 Å². The fourth-order valence-electron chi connectivity index (χ4n) is 1.07. The van der Waals surface area contributed by atoms with E-state index in [4.69, 9.17) is 9.84 Å². The first-order valence-electron chi connectivity index (χ1n) is 5.22. The molecule has 0 aliphatic rings. The van der Waals surface area contributed by atoms with Gasteiger partial charge in [0.1, 0.15) is 0 Å². The largest absolute Gasteiger partial charge is 0.481 e. The van der Waals surface area contributed by atoms with Gasteiger partial charge >= 0.3 is 5.97 Å². The smallest absolute Gasteiger partial charge is 0.305 e. The monoisotopic (exact) mass is 229 g/mol. The maximum Gasteiger partial charge on any atom is 0.305 e. The molecule has 0 rings (SSSR count). The van der Waals surface area contributed by atoms with Crippen molar-refractivity contribution in [3.8, 4) is 0 Å². The molecule has 0 aliphatic heterocycles. The molecule has 0 aromatic rings. The van der Waals surface area contributed by atoms with Crippen molar-refractivity contribution in [3.63, 3.8) is 0 Å². The lowest BCUT2D eigenvalue weighted by Gasteiger charge is -2.15. The van der Waals surface area contributed by atoms with Crippen molar-refractivity contribution in [2.24, 2.45) is 0 Å². The maximum absolute atomic E-state index is 11.4. The topological polar surface area (TPSA) is 66.8 Å². The third-order valence-electron chi connectivity index (χ3n) is 2.00. The first kappa shape index (κ1) is 14.6. The van der Waals surface area contributed by atoms with Crippen LogP contribution in [0.3, 0.4) is 0 Å². The highest BCUT2D eigenvalue weighted by Crippen LogP contribution is 1.97. The molecule has 0 aromatic carbocycles. The van der Waals surface area contributed by atoms with Crippen LogP contribution in [0.4, 0.5) is 0 Å². The number of carbonyl (C=O) groups excluding carboxylic acids is 1. The summed E-state index contributed by atoms with van der Waals surface area (Å²) in [5, 5.41) is 8.45. The van der Waals surface area contributed by atoms with Gasteiger partial charge in [-0.05, 0) is 6.42 Å². The van der Waals surface area contributed by atoms with E-state index in [-0.39, 0.29) is 18.9 Å². The van der Waals surface area contributed by atoms with E-state index < -0.39 is 5.97 Å². The minimum absolute atomic E-state index is 0.0186. The number of amides is 1. The Morgan fingerprint density at radius 1 is 1.44 bits per heavy atom. The average molecular weight is 229 g/mol. The summed E-state index contributed by atoms with van der Waals surface area (Å²) in [5.74, 6) is -0.947. The van der Waals surface area contributed by atoms with Gasteiger partial charge in [-0.2, -0.15) is 0 Å². The number of carboxylic acid groups (broad SMARTS) is 1. The highest BCUT2D eigenvalue weighted by Gasteiger charge is 2.09. The predicted octanol–water partition coefficient (Wildman–Crippen LogP) is 0.902. The third-order valence-corrected chi connectivity index (χ3v) is 2.00. The predicted molar refractivity (Wildman–Crippen MR) is 60.1 cm³/mol. The van der Waals surface area contributed by atoms with Gasteiger partial charge in [-0.1, -0.05) is 6.08 Å². The Morgan fingerprint density at radius 3 is 2.69 bits per heavy atom. The van der Waals surface area contributed by atoms with Gasteiger partial charge in [-0.15, -0.1) is 6.58 Å². The summed E-state index contributed by atoms with van der Waals surface area (Å²) < 4.78 is 5.13. The summed E-state index contributed by atoms with van der Waals surface area (Å²) in [5.41, 5.74) is 0. The van der Waals surface area contributed by atoms with E-state index in [0.29, 0.717) is 26.1 Å². The molecule has 0 saturated carbocycles. The molecule has 92 valence electrons. The number of ether oxygens (including phenoxy) is 1. The van der Waals surface area contributed by atoms with Gasteiger partial charge in [0.2, 0.25) is 5.91 Å². The summed E-state index contributed by atoms with van der Waals surface area (Å²) >= 11 is 0. The molecular formula is C11H19NO4. The van der Waals surface area contributed by atoms with Gasteiger partial charge in [-0.3, -0.25) is 9.59 Å². The van der Waals surface area contributed by atoms with Crippen LogP contribution >= 0.6 is 0 Å². The van der Waals surface area contributed by atoms with Crippen LogP contribution in [-0.4, -0.2) is 48.7 Å². The van der Waals surface area contributed by atoms with E-state index in [1.807, 2.05) is 0 Å². The quantitative estimate of drug-likeness (QED) is 0.471. The van der Waals surface area contributed by atoms with Gasteiger partial charge in [-0.25, -0.2) is 0 Å². The summed E-state index contributed by atoms with van der Waals surface area (Å²) in [4.78, 5) is 23.2. The molecule has 0 aliphatic carbocycles. The summed E-state index contributed by atoms with van der Waals surface area (Å²) in [6.45, 7) is 4.77. The molecular weight excluding hydrogens is 210 g/mol. The van der Waals surface area contributed by atoms with Crippen molar-refractivity contribution in [2.75, 3.05) is 26.8 Å². The van der Waals surface area contributed by atoms with Crippen molar-refractivity contribution in [1.82, 2.24) is 4.90 Å². The van der Waals surface area contributed by atoms with E-state index in [0.717, 1.165) is 0 Å². The summed E-state index contributed by atoms with van der Waals surface area (Å²) in [7, 11) is 1.61. The second kappa shape index (κ2) is 8.91. The number of rotatable bonds is 9. The van der Waals surface area contributed by atoms with Gasteiger partial charge in [0.25, 0.3) is 0 Å². The number of carbonyl (C=O) groups is 2. The van der Waals surface area contributed by atoms with Crippen molar-refractivity contribution < 1.29 is 19.4 Å². The first-order valence-corrected chi connectivity index (χ1v) is 5.22. The van der Waals surface area contributed by atoms with Crippen molar-refractivity contribution in [3.05, 3.63) is 12.7 Å². The van der Waals surface area contributed by atoms with Crippen LogP contribution in [0.5, 0.6) is 0 Å². The zero-order valence-electron chi connectivity index (χ0n) is 9.65. The lowest BCUT2D eigenvalue weighted by molar-refractivity contribution is -0.138. The normalized spacial score (nSPS) is 9.81. The van der Waals surface area contributed by atoms with E-state index >= 15 is 0 Å². The molecule has 1 N–H and O–H groups in total. The lowest BCUT2D eigenvalue weighted by atomic mass is 10.3. The second-order valence-corrected chi connectivity index (χ2v) is 3.43. The molecule has 1 amide bonds. The summed E-state index contributed by atoms with van der Waals surface area (Å²) in [6.07, 6.45) is 2.66. The zero-order chi connectivity index (χ0) is 12.4. The fraction of sp³-hybridized carbons (Fsp3) is 0.636. The van der Waals surface area contributed by atoms with Gasteiger partial charge in [0.15, 0.2) is 0 Å². The van der Waals surface area contributed by atoms with Gasteiger partial charge in [0, 0.05) is 26.6 Å². The highest BCUT2D eigenvalue weighted by atomic mass is 16.5. The molecule has 0 bridgehead atoms. The second-order valence-electron chi connectivity index (χ2n) is 3.43. The minimum Gasteiger partial charge on any atom is -0.481 e. The molecule has 16 heavy (non-hydrogen) atoms. The lowest BCUT2D eigenvalue weighted by Crippen LogP contribution is -2.29. The van der Waals surface area contributed by atoms with Crippen molar-refractivity contribution in [1.29, 1.82) is 0 Å². The molecule has 0 spiro atoms. The molecule has 0 atom stereocenters. The number of nitrogens with zero attached hydrogens (tertiary/aromatic N) is 1. The Kier molecular flexibility index (Phi) is 8.15. The summed E-state index contributed by atoms with van der Waals surface area (Å²) in [6, 6.07) is 0. The number of hydrogen-bond acceptors (Lipinski definition) is 3. The maximum atomic E-state index is 11.4. The Morgan fingerprint density at radius 2 is 2.12 bits per heavy atom. The number of carboxylic acids is 1. The Balaban J connectivity index is 3.54. The van der Waals surface area contributed by atoms with Crippen LogP contribution in [0.2, 0.25) is 0 Å². The van der Waals surface area contributed by atoms with Crippen LogP contribution < -0.4 is 0 Å². The Hall–Kier alpha value is -1.36. The molecule has 5 heteroatoms. The van der Waals surface area contributed by atoms with E-state index in [2.05, 4.69) is 6.58 Å². The van der Waals surface area contributed by atoms with E-state index in [1.165, 1.54) is 4.90 Å². The van der Waals surface area contributed by atoms with Crippen LogP contribution in [0.1, 0.15) is 19.3 Å². The molecule has 0 aromatic heterocycles. The van der Waals surface area contributed by atoms with E-state index in [1.54, 1.807) is 13.1 Å². The van der Waals surface area contributed by atoms with Crippen LogP contribution in [-0.2, 0) is 14.3 Å². The minimum atomic E-state index is -0.894. The Labute approximate surface area is 95.7 Å². The molecule has 5 nitrogen and oxygen atoms in total. The molecule has 0 fully saturated rings. The Bertz CT molecular complexity index is 240. The molecule has 0 unspecified atom stereocenters. The van der Waals surface area contributed by atoms with Crippen LogP contribution in [0.15, 0.2) is 12.7 Å². The van der Waals surface area contributed by atoms with E-state index in [9.17, 15) is 9.59 Å². The molecule has 0 heterocycles. The SMILES string of the molecule is C=CCOCCCC(=O)N(C)CCC(=O)O. The van der Waals surface area contributed by atoms with Crippen LogP contribution in [0, 0.1) is 0 Å². The van der Waals surface area contributed by atoms with Crippen LogP contribution in [0.25, 0.3) is 0 Å². The fourth-order valence-corrected chi connectivity index (χ4v) is 1.07. The molecule has 0 saturated heterocycles. The number of hydrogen-bond donors (Lipinski definition) is 1. The number of aliphatic carboxylic acids is 1. The first-order chi connectivity index (χ1) is 7.57. The highest BCUT2D eigenvalue weighted by molar-refractivity contribution is 5.76. The van der Waals surface area contributed by atoms with Crippen molar-refractivity contribution in [2.45, 2.75) is 19.3 Å². The van der Waals surface area contributed by atoms with Gasteiger partial charge < -0.3 is 14.7 Å². The van der Waals surface area contributed by atoms with Gasteiger partial charge in [0.05, 0.1) is 13.0 Å². The zero-order valence-corrected chi connectivity index (χ0v) is 9.65. The average Bonchev–Trinajstić information content (AvgIpc) is 2.25. The standard InChI is InChI=1S/C11H19NO4/c1-3-8-16-9-4-5-10(13)12(2)7-6-11(14)15/h3H,1,4-9H2,2H3,(H,14,15). The third kappa shape index (κ3) is 7.99.